The number of aryl methyl sites for hydroxylation is 1. The molecule has 27 heavy (non-hydrogen) atoms. The number of aromatic nitrogens is 1. The molecule has 1 heterocycles. The Kier molecular flexibility index (Phi) is 8.71. The minimum absolute atomic E-state index is 0.839. The van der Waals surface area contributed by atoms with Gasteiger partial charge in [-0.25, -0.2) is 4.57 Å². The van der Waals surface area contributed by atoms with Gasteiger partial charge in [0.05, 0.1) is 24.0 Å². The van der Waals surface area contributed by atoms with E-state index in [1.165, 1.54) is 0 Å². The molecule has 0 atom stereocenters. The first-order valence-corrected chi connectivity index (χ1v) is 20.6. The summed E-state index contributed by atoms with van der Waals surface area (Å²) in [5, 5.41) is 9.59. The molecule has 0 unspecified atom stereocenters. The van der Waals surface area contributed by atoms with E-state index in [2.05, 4.69) is 15.1 Å². The summed E-state index contributed by atoms with van der Waals surface area (Å²) in [6.45, 7) is 0. The van der Waals surface area contributed by atoms with Gasteiger partial charge in [-0.2, -0.15) is 0 Å². The summed E-state index contributed by atoms with van der Waals surface area (Å²) in [5.74, 6) is 0.849. The first kappa shape index (κ1) is 22.3. The zero-order valence-corrected chi connectivity index (χ0v) is 21.5. The van der Waals surface area contributed by atoms with Crippen molar-refractivity contribution in [2.75, 3.05) is 26.1 Å². The number of fused-ring (bicyclic) bond motifs is 1. The molecule has 3 aromatic rings. The maximum absolute atomic E-state index is 5.27. The third kappa shape index (κ3) is 6.54. The third-order valence-electron chi connectivity index (χ3n) is 3.63. The zero-order chi connectivity index (χ0) is 20.0. The summed E-state index contributed by atoms with van der Waals surface area (Å²) >= 11 is -0.613. The number of thiazole rings is 1. The van der Waals surface area contributed by atoms with Crippen molar-refractivity contribution in [2.24, 2.45) is 17.3 Å². The Balaban J connectivity index is 0.000000596. The van der Waals surface area contributed by atoms with Crippen LogP contribution in [-0.4, -0.2) is 21.2 Å². The second-order valence-corrected chi connectivity index (χ2v) is 20.6. The van der Waals surface area contributed by atoms with Crippen LogP contribution in [0.2, 0.25) is 0 Å². The molecule has 0 N–H and O–H groups in total. The van der Waals surface area contributed by atoms with Gasteiger partial charge < -0.3 is 9.64 Å². The van der Waals surface area contributed by atoms with Gasteiger partial charge in [-0.1, -0.05) is 0 Å². The van der Waals surface area contributed by atoms with E-state index < -0.39 is 13.0 Å². The maximum atomic E-state index is 5.27. The molecule has 0 fully saturated rings. The third-order valence-corrected chi connectivity index (χ3v) is 4.72. The average Bonchev–Trinajstić information content (AvgIpc) is 2.95. The summed E-state index contributed by atoms with van der Waals surface area (Å²) in [5.41, 5.74) is 3.10. The molecule has 0 spiro atoms. The van der Waals surface area contributed by atoms with Gasteiger partial charge in [0.15, 0.2) is 0 Å². The van der Waals surface area contributed by atoms with Crippen molar-refractivity contribution in [3.63, 3.8) is 0 Å². The summed E-state index contributed by atoms with van der Waals surface area (Å²) < 4.78 is 8.44. The molecule has 1 aromatic heterocycles. The van der Waals surface area contributed by atoms with Gasteiger partial charge >= 0.3 is 47.2 Å². The average molecular weight is 499 g/mol. The normalized spacial score (nSPS) is 10.6. The van der Waals surface area contributed by atoms with Crippen LogP contribution in [0.4, 0.5) is 16.5 Å². The standard InChI is InChI=1S/C17H19N4OS.3ClH.Zn/c1-20(2)13-7-5-12(6-8-13)18-19-17-21(3)15-10-9-14(22-4)11-16(15)23-17;;;;/h5-11H,1-4H3;3*1H;/q+1;;;;+2/p-3. The fraction of sp³-hybridized carbons (Fsp3) is 0.235. The molecule has 142 valence electrons. The fourth-order valence-electron chi connectivity index (χ4n) is 2.26. The molecule has 0 amide bonds. The molecule has 0 bridgehead atoms. The van der Waals surface area contributed by atoms with Gasteiger partial charge in [0.25, 0.3) is 0 Å². The Morgan fingerprint density at radius 1 is 1.04 bits per heavy atom. The number of benzene rings is 2. The number of ether oxygens (including phenoxy) is 1. The van der Waals surface area contributed by atoms with E-state index >= 15 is 0 Å². The quantitative estimate of drug-likeness (QED) is 0.241. The van der Waals surface area contributed by atoms with Crippen molar-refractivity contribution in [2.45, 2.75) is 0 Å². The molecule has 5 nitrogen and oxygen atoms in total. The van der Waals surface area contributed by atoms with Crippen molar-refractivity contribution < 1.29 is 22.3 Å². The van der Waals surface area contributed by atoms with Crippen LogP contribution in [0.25, 0.3) is 10.2 Å². The predicted molar refractivity (Wildman–Crippen MR) is 112 cm³/mol. The van der Waals surface area contributed by atoms with Crippen LogP contribution >= 0.6 is 40.4 Å². The number of hydrogen-bond donors (Lipinski definition) is 0. The number of anilines is 1. The molecule has 2 aromatic carbocycles. The number of nitrogens with zero attached hydrogens (tertiary/aromatic N) is 4. The van der Waals surface area contributed by atoms with E-state index in [1.54, 1.807) is 18.4 Å². The van der Waals surface area contributed by atoms with Crippen molar-refractivity contribution in [1.29, 1.82) is 0 Å². The molecule has 0 aliphatic heterocycles. The predicted octanol–water partition coefficient (Wildman–Crippen LogP) is 6.28. The molecule has 0 saturated carbocycles. The van der Waals surface area contributed by atoms with Gasteiger partial charge in [0.2, 0.25) is 0 Å². The van der Waals surface area contributed by atoms with Gasteiger partial charge in [-0.15, -0.1) is 0 Å². The fourth-order valence-corrected chi connectivity index (χ4v) is 3.25. The van der Waals surface area contributed by atoms with E-state index in [1.807, 2.05) is 68.2 Å². The number of rotatable bonds is 4. The second-order valence-electron chi connectivity index (χ2n) is 5.69. The molecule has 3 rings (SSSR count). The number of hydrogen-bond acceptors (Lipinski definition) is 5. The Morgan fingerprint density at radius 2 is 1.67 bits per heavy atom. The van der Waals surface area contributed by atoms with Gasteiger partial charge in [0, 0.05) is 25.8 Å². The Labute approximate surface area is 180 Å². The first-order valence-electron chi connectivity index (χ1n) is 8.04. The molecule has 0 saturated heterocycles. The van der Waals surface area contributed by atoms with Crippen LogP contribution in [0, 0.1) is 0 Å². The molecule has 0 aliphatic carbocycles. The molecular formula is C17H19Cl3N4OSZn. The molecule has 0 radical (unpaired) electrons. The Bertz CT molecular complexity index is 914. The van der Waals surface area contributed by atoms with E-state index in [-0.39, 0.29) is 0 Å². The first-order chi connectivity index (χ1) is 12.8. The summed E-state index contributed by atoms with van der Waals surface area (Å²) in [6.07, 6.45) is 0. The van der Waals surface area contributed by atoms with Crippen LogP contribution in [0.3, 0.4) is 0 Å². The topological polar surface area (TPSA) is 41.1 Å². The van der Waals surface area contributed by atoms with Crippen LogP contribution in [-0.2, 0) is 20.0 Å². The van der Waals surface area contributed by atoms with E-state index in [0.717, 1.165) is 32.5 Å². The van der Waals surface area contributed by atoms with E-state index in [0.29, 0.717) is 0 Å². The molecule has 0 aliphatic rings. The van der Waals surface area contributed by atoms with Gasteiger partial charge in [0.1, 0.15) is 17.0 Å². The van der Waals surface area contributed by atoms with Gasteiger partial charge in [-0.3, -0.25) is 0 Å². The number of methoxy groups -OCH3 is 1. The summed E-state index contributed by atoms with van der Waals surface area (Å²) in [6, 6.07) is 14.0. The van der Waals surface area contributed by atoms with Crippen molar-refractivity contribution >= 4 is 67.1 Å². The molecular weight excluding hydrogens is 480 g/mol. The summed E-state index contributed by atoms with van der Waals surface area (Å²) in [7, 11) is 22.7. The van der Waals surface area contributed by atoms with Crippen LogP contribution < -0.4 is 14.2 Å². The molecule has 10 heteroatoms. The number of azo groups is 1. The van der Waals surface area contributed by atoms with E-state index in [4.69, 9.17) is 33.8 Å². The zero-order valence-electron chi connectivity index (χ0n) is 15.5. The Morgan fingerprint density at radius 3 is 2.22 bits per heavy atom. The van der Waals surface area contributed by atoms with Gasteiger partial charge in [-0.05, 0) is 52.8 Å². The summed E-state index contributed by atoms with van der Waals surface area (Å²) in [4.78, 5) is 2.06. The van der Waals surface area contributed by atoms with Crippen molar-refractivity contribution in [3.05, 3.63) is 42.5 Å². The SMILES string of the molecule is COc1ccc2c(c1)sc(N=Nc1ccc(N(C)C)cc1)[n+]2C.[Cl][Zn-]([Cl])[Cl]. The van der Waals surface area contributed by atoms with Crippen molar-refractivity contribution in [3.8, 4) is 5.75 Å². The monoisotopic (exact) mass is 496 g/mol. The number of halogens is 3. The second kappa shape index (κ2) is 10.5. The van der Waals surface area contributed by atoms with Crippen LogP contribution in [0.1, 0.15) is 0 Å². The van der Waals surface area contributed by atoms with Crippen LogP contribution in [0.5, 0.6) is 5.75 Å². The van der Waals surface area contributed by atoms with Crippen LogP contribution in [0.15, 0.2) is 52.7 Å². The minimum atomic E-state index is -2.21. The Hall–Kier alpha value is -0.977. The van der Waals surface area contributed by atoms with Crippen molar-refractivity contribution in [1.82, 2.24) is 0 Å². The van der Waals surface area contributed by atoms with E-state index in [9.17, 15) is 0 Å².